The van der Waals surface area contributed by atoms with E-state index < -0.39 is 91.3 Å². The highest BCUT2D eigenvalue weighted by molar-refractivity contribution is 7.85. The lowest BCUT2D eigenvalue weighted by Crippen LogP contribution is -3.01. The summed E-state index contributed by atoms with van der Waals surface area (Å²) < 4.78 is 164. The SMILES string of the molecule is CCC[C@@]1(NO)CC[C@@](CO[C@H](C)c2cc(C)cc(C(F)(F)F)c2)(c2ccccc2)NC1.CCC[C@@]1([N+](=O)[O-])CC[C@@](CO[C@H](C)c2cc(C)cc(C(F)(F)F)c2)(c2ccccc2)[NH2+]C1.CS(=O)(=O)O.Cc1cc([C@@H](C)OC[C@@]2(c3ccccc3)CCC3(CCC(=O)ON3)CN2)cc(C(F)(F)F)c1.O=C=O.O=C=O. The average molecular weight is 1560 g/mol. The van der Waals surface area contributed by atoms with E-state index in [1.165, 1.54) is 6.07 Å². The molecule has 0 bridgehead atoms. The van der Waals surface area contributed by atoms with Crippen molar-refractivity contribution in [3.63, 3.8) is 0 Å². The van der Waals surface area contributed by atoms with E-state index in [0.29, 0.717) is 105 Å². The quantitative estimate of drug-likeness (QED) is 0.0152. The molecule has 0 radical (unpaired) electrons. The lowest BCUT2D eigenvalue weighted by atomic mass is 9.75. The van der Waals surface area contributed by atoms with Gasteiger partial charge in [0.2, 0.25) is 0 Å². The largest absolute Gasteiger partial charge is 0.416 e. The standard InChI is InChI=1S/C25H29F3N2O3.C25H31F3N2O3.C25H33F3N2O2.CH4O3S.2CO2/c1-17-12-19(14-21(13-17)25(26,27)28)18(2)32-16-24(20-6-4-3-5-7-20)11-10-23(15-29-24)9-8-22(31)33-30-23;1-4-10-23(30(31)32)11-12-24(29-16-23,21-8-6-5-7-9-21)17-33-19(3)20-13-18(2)14-22(15-20)25(26,27)28;1-4-10-23(30-31)11-12-24(29-16-23,21-8-6-5-7-9-21)17-32-19(3)20-13-18(2)14-22(15-20)25(26,27)28;1-5(2,3)4;2*2-1-3/h3-7,12-14,18,29-30H,8-11,15-16H2,1-2H3;5-9,13-15,19,29H,4,10-12,16-17H2,1-3H3;5-9,13-15,19,29-31H,4,10-12,16-17H2,1-3H3;1H3,(H,2,3,4);;/p+1/t18-,23?,24-;2*19-,23-,24-;;;/m111.../s1. The Morgan fingerprint density at radius 3 is 1.26 bits per heavy atom. The zero-order valence-electron chi connectivity index (χ0n) is 62.4. The van der Waals surface area contributed by atoms with Crippen molar-refractivity contribution in [2.24, 2.45) is 0 Å². The predicted molar refractivity (Wildman–Crippen MR) is 382 cm³/mol. The van der Waals surface area contributed by atoms with Gasteiger partial charge in [-0.2, -0.15) is 72.6 Å². The van der Waals surface area contributed by atoms with Crippen molar-refractivity contribution in [3.05, 3.63) is 222 Å². The minimum absolute atomic E-state index is 0.142. The molecule has 6 aromatic carbocycles. The van der Waals surface area contributed by atoms with Gasteiger partial charge in [0.1, 0.15) is 18.7 Å². The molecular formula is C78H98F9N6O15S+. The van der Waals surface area contributed by atoms with Gasteiger partial charge >= 0.3 is 36.8 Å². The minimum Gasteiger partial charge on any atom is -0.372 e. The van der Waals surface area contributed by atoms with Crippen molar-refractivity contribution in [2.45, 2.75) is 203 Å². The lowest BCUT2D eigenvalue weighted by Gasteiger charge is -2.48. The average Bonchev–Trinajstić information content (AvgIpc) is 0.787. The number of nitrogens with two attached hydrogens (primary N) is 1. The second kappa shape index (κ2) is 40.2. The topological polar surface area (TPSA) is 305 Å². The zero-order valence-corrected chi connectivity index (χ0v) is 63.2. The summed E-state index contributed by atoms with van der Waals surface area (Å²) in [5, 5.41) is 30.9. The van der Waals surface area contributed by atoms with E-state index in [4.69, 9.17) is 42.8 Å². The summed E-state index contributed by atoms with van der Waals surface area (Å²) in [7, 11) is -3.67. The Balaban J connectivity index is 0.000000273. The summed E-state index contributed by atoms with van der Waals surface area (Å²) >= 11 is 0. The fraction of sp³-hybridized carbons (Fsp3) is 0.500. The molecule has 598 valence electrons. The summed E-state index contributed by atoms with van der Waals surface area (Å²) in [6.07, 6.45) is -5.56. The summed E-state index contributed by atoms with van der Waals surface area (Å²) in [4.78, 5) is 60.8. The molecule has 4 aliphatic heterocycles. The van der Waals surface area contributed by atoms with Gasteiger partial charge in [-0.15, -0.1) is 5.48 Å². The summed E-state index contributed by atoms with van der Waals surface area (Å²) in [5.74, 6) is -0.256. The van der Waals surface area contributed by atoms with E-state index >= 15 is 0 Å². The van der Waals surface area contributed by atoms with Gasteiger partial charge in [0, 0.05) is 49.3 Å². The van der Waals surface area contributed by atoms with Crippen molar-refractivity contribution >= 4 is 28.4 Å². The fourth-order valence-electron chi connectivity index (χ4n) is 14.1. The van der Waals surface area contributed by atoms with Crippen molar-refractivity contribution in [1.29, 1.82) is 0 Å². The van der Waals surface area contributed by atoms with Crippen LogP contribution in [0.1, 0.15) is 197 Å². The van der Waals surface area contributed by atoms with Crippen LogP contribution in [0.4, 0.5) is 39.5 Å². The van der Waals surface area contributed by atoms with Gasteiger partial charge in [-0.05, 0) is 151 Å². The Labute approximate surface area is 629 Å². The number of piperidine rings is 3. The zero-order chi connectivity index (χ0) is 81.3. The number of carbonyl (C=O) groups excluding carboxylic acids is 5. The number of nitrogens with one attached hydrogen (secondary N) is 4. The number of carbonyl (C=O) groups is 1. The second-order valence-electron chi connectivity index (χ2n) is 28.4. The van der Waals surface area contributed by atoms with Crippen molar-refractivity contribution in [1.82, 2.24) is 21.6 Å². The number of nitrogens with zero attached hydrogens (tertiary/aromatic N) is 1. The van der Waals surface area contributed by atoms with Crippen LogP contribution in [0.15, 0.2) is 146 Å². The van der Waals surface area contributed by atoms with Gasteiger partial charge in [0.05, 0.1) is 76.6 Å². The van der Waals surface area contributed by atoms with Crippen LogP contribution in [-0.2, 0) is 88.3 Å². The van der Waals surface area contributed by atoms with Gasteiger partial charge in [0.15, 0.2) is 0 Å². The molecule has 4 heterocycles. The van der Waals surface area contributed by atoms with Gasteiger partial charge in [-0.3, -0.25) is 19.5 Å². The maximum Gasteiger partial charge on any atom is 0.416 e. The van der Waals surface area contributed by atoms with E-state index in [-0.39, 0.29) is 35.3 Å². The Kier molecular flexibility index (Phi) is 33.7. The molecule has 1 unspecified atom stereocenters. The van der Waals surface area contributed by atoms with E-state index in [1.54, 1.807) is 59.7 Å². The molecule has 0 aliphatic carbocycles. The molecule has 31 heteroatoms. The molecule has 109 heavy (non-hydrogen) atoms. The molecular weight excluding hydrogens is 1460 g/mol. The smallest absolute Gasteiger partial charge is 0.372 e. The number of ether oxygens (including phenoxy) is 3. The fourth-order valence-corrected chi connectivity index (χ4v) is 14.1. The van der Waals surface area contributed by atoms with E-state index in [9.17, 15) is 68.0 Å². The number of nitro groups is 1. The number of hydrogen-bond acceptors (Lipinski definition) is 18. The molecule has 0 saturated carbocycles. The summed E-state index contributed by atoms with van der Waals surface area (Å²) in [6, 6.07) is 41.7. The molecule has 8 N–H and O–H groups in total. The number of benzene rings is 6. The lowest BCUT2D eigenvalue weighted by molar-refractivity contribution is -0.788. The van der Waals surface area contributed by atoms with Crippen LogP contribution in [0.25, 0.3) is 0 Å². The summed E-state index contributed by atoms with van der Waals surface area (Å²) in [6.45, 7) is 16.6. The first-order valence-corrected chi connectivity index (χ1v) is 37.3. The van der Waals surface area contributed by atoms with Crippen LogP contribution in [0.3, 0.4) is 0 Å². The number of hydroxylamine groups is 2. The van der Waals surface area contributed by atoms with Crippen LogP contribution in [0, 0.1) is 30.9 Å². The van der Waals surface area contributed by atoms with Gasteiger partial charge < -0.3 is 40.2 Å². The second-order valence-corrected chi connectivity index (χ2v) is 29.9. The predicted octanol–water partition coefficient (Wildman–Crippen LogP) is 14.3. The van der Waals surface area contributed by atoms with Crippen molar-refractivity contribution in [3.8, 4) is 0 Å². The Morgan fingerprint density at radius 2 is 0.954 bits per heavy atom. The number of halogens is 9. The summed E-state index contributed by atoms with van der Waals surface area (Å²) in [5.41, 5.74) is 6.46. The number of aryl methyl sites for hydroxylation is 3. The van der Waals surface area contributed by atoms with E-state index in [2.05, 4.69) is 28.5 Å². The minimum atomic E-state index is -4.42. The Bertz CT molecular complexity index is 4020. The number of hydrogen-bond donors (Lipinski definition) is 7. The van der Waals surface area contributed by atoms with Crippen molar-refractivity contribution in [2.75, 3.05) is 45.7 Å². The highest BCUT2D eigenvalue weighted by Gasteiger charge is 2.54. The highest BCUT2D eigenvalue weighted by Crippen LogP contribution is 2.43. The molecule has 10 rings (SSSR count). The normalized spacial score (nSPS) is 23.5. The third kappa shape index (κ3) is 26.8. The highest BCUT2D eigenvalue weighted by atomic mass is 32.2. The first kappa shape index (κ1) is 91.5. The maximum atomic E-state index is 13.3. The van der Waals surface area contributed by atoms with Crippen LogP contribution >= 0.6 is 0 Å². The van der Waals surface area contributed by atoms with E-state index in [1.807, 2.05) is 103 Å². The molecule has 4 saturated heterocycles. The maximum absolute atomic E-state index is 13.3. The first-order valence-electron chi connectivity index (χ1n) is 35.4. The third-order valence-corrected chi connectivity index (χ3v) is 20.2. The first-order chi connectivity index (χ1) is 51.1. The molecule has 9 atom stereocenters. The van der Waals surface area contributed by atoms with E-state index in [0.717, 1.165) is 92.0 Å². The van der Waals surface area contributed by atoms with Crippen LogP contribution in [0.5, 0.6) is 0 Å². The molecule has 6 aromatic rings. The molecule has 1 spiro atoms. The number of alkyl halides is 9. The molecule has 4 fully saturated rings. The van der Waals surface area contributed by atoms with Gasteiger partial charge in [-0.25, -0.2) is 0 Å². The van der Waals surface area contributed by atoms with Gasteiger partial charge in [0.25, 0.3) is 15.7 Å². The Hall–Kier alpha value is -8.13. The van der Waals surface area contributed by atoms with Gasteiger partial charge in [-0.1, -0.05) is 146 Å². The number of quaternary nitrogens is 1. The molecule has 4 aliphatic rings. The Morgan fingerprint density at radius 1 is 0.578 bits per heavy atom. The molecule has 0 amide bonds. The number of rotatable bonds is 21. The van der Waals surface area contributed by atoms with Crippen LogP contribution in [-0.4, -0.2) is 104 Å². The van der Waals surface area contributed by atoms with Crippen LogP contribution in [0.2, 0.25) is 0 Å². The van der Waals surface area contributed by atoms with Crippen LogP contribution < -0.4 is 26.9 Å². The molecule has 21 nitrogen and oxygen atoms in total. The monoisotopic (exact) mass is 1560 g/mol. The third-order valence-electron chi connectivity index (χ3n) is 20.2. The van der Waals surface area contributed by atoms with Crippen molar-refractivity contribution < 1.29 is 111 Å². The molecule has 0 aromatic heterocycles.